The molecule has 3 rings (SSSR count). The maximum Gasteiger partial charge on any atom is 0.250 e. The second kappa shape index (κ2) is 6.01. The number of anilines is 1. The van der Waals surface area contributed by atoms with Gasteiger partial charge < -0.3 is 0 Å². The predicted molar refractivity (Wildman–Crippen MR) is 82.9 cm³/mol. The molecule has 20 heavy (non-hydrogen) atoms. The molecule has 1 aliphatic rings. The van der Waals surface area contributed by atoms with Crippen LogP contribution in [0.2, 0.25) is 0 Å². The van der Waals surface area contributed by atoms with E-state index >= 15 is 0 Å². The van der Waals surface area contributed by atoms with E-state index in [-0.39, 0.29) is 5.91 Å². The Labute approximate surface area is 122 Å². The molecule has 1 heterocycles. The number of rotatable bonds is 3. The van der Waals surface area contributed by atoms with Gasteiger partial charge in [-0.25, -0.2) is 4.98 Å². The number of hydrogen-bond acceptors (Lipinski definition) is 3. The number of thiazole rings is 1. The van der Waals surface area contributed by atoms with Gasteiger partial charge in [0.15, 0.2) is 5.13 Å². The number of aryl methyl sites for hydroxylation is 2. The molecule has 0 unspecified atom stereocenters. The van der Waals surface area contributed by atoms with Gasteiger partial charge in [0.25, 0.3) is 0 Å². The van der Waals surface area contributed by atoms with E-state index in [0.717, 1.165) is 23.5 Å². The maximum atomic E-state index is 11.9. The molecule has 3 nitrogen and oxygen atoms in total. The Hall–Kier alpha value is -1.94. The molecule has 0 bridgehead atoms. The number of amides is 1. The van der Waals surface area contributed by atoms with E-state index < -0.39 is 0 Å². The van der Waals surface area contributed by atoms with Crippen molar-refractivity contribution in [2.24, 2.45) is 0 Å². The first-order valence-electron chi connectivity index (χ1n) is 6.84. The lowest BCUT2D eigenvalue weighted by atomic mass is 10.0. The molecule has 0 atom stereocenters. The molecular formula is C16H16N2OS. The first kappa shape index (κ1) is 13.1. The summed E-state index contributed by atoms with van der Waals surface area (Å²) in [6, 6.07) is 9.79. The zero-order chi connectivity index (χ0) is 13.8. The van der Waals surface area contributed by atoms with Gasteiger partial charge >= 0.3 is 0 Å². The van der Waals surface area contributed by atoms with E-state index in [1.54, 1.807) is 17.4 Å². The van der Waals surface area contributed by atoms with Crippen LogP contribution in [0.3, 0.4) is 0 Å². The molecule has 1 N–H and O–H groups in total. The normalized spacial score (nSPS) is 14.2. The van der Waals surface area contributed by atoms with Crippen molar-refractivity contribution in [1.29, 1.82) is 0 Å². The molecule has 0 saturated carbocycles. The number of carbonyl (C=O) groups is 1. The van der Waals surface area contributed by atoms with E-state index in [2.05, 4.69) is 10.3 Å². The highest BCUT2D eigenvalue weighted by Crippen LogP contribution is 2.29. The number of nitrogens with zero attached hydrogens (tertiary/aromatic N) is 1. The molecule has 1 amide bonds. The van der Waals surface area contributed by atoms with Crippen LogP contribution in [0.4, 0.5) is 5.13 Å². The third-order valence-corrected chi connectivity index (χ3v) is 4.38. The van der Waals surface area contributed by atoms with Crippen LogP contribution in [0.25, 0.3) is 6.08 Å². The molecule has 4 heteroatoms. The molecule has 102 valence electrons. The van der Waals surface area contributed by atoms with E-state index in [4.69, 9.17) is 0 Å². The fraction of sp³-hybridized carbons (Fsp3) is 0.250. The smallest absolute Gasteiger partial charge is 0.250 e. The molecule has 1 aromatic heterocycles. The zero-order valence-electron chi connectivity index (χ0n) is 11.1. The monoisotopic (exact) mass is 284 g/mol. The van der Waals surface area contributed by atoms with Crippen LogP contribution in [0.15, 0.2) is 36.4 Å². The van der Waals surface area contributed by atoms with Crippen LogP contribution >= 0.6 is 11.3 Å². The number of benzene rings is 1. The fourth-order valence-electron chi connectivity index (χ4n) is 2.29. The summed E-state index contributed by atoms with van der Waals surface area (Å²) in [6.07, 6.45) is 7.94. The van der Waals surface area contributed by atoms with E-state index in [1.807, 2.05) is 36.4 Å². The van der Waals surface area contributed by atoms with Gasteiger partial charge in [0, 0.05) is 11.0 Å². The standard InChI is InChI=1S/C16H16N2OS/c19-15(11-10-12-6-2-1-3-7-12)18-16-17-13-8-4-5-9-14(13)20-16/h1-3,6-7,10-11H,4-5,8-9H2,(H,17,18,19). The Morgan fingerprint density at radius 2 is 2.00 bits per heavy atom. The number of nitrogens with one attached hydrogen (secondary N) is 1. The lowest BCUT2D eigenvalue weighted by Gasteiger charge is -2.06. The van der Waals surface area contributed by atoms with Crippen LogP contribution in [0, 0.1) is 0 Å². The topological polar surface area (TPSA) is 42.0 Å². The lowest BCUT2D eigenvalue weighted by molar-refractivity contribution is -0.111. The Morgan fingerprint density at radius 3 is 2.80 bits per heavy atom. The lowest BCUT2D eigenvalue weighted by Crippen LogP contribution is -2.07. The van der Waals surface area contributed by atoms with E-state index in [9.17, 15) is 4.79 Å². The summed E-state index contributed by atoms with van der Waals surface area (Å²) in [6.45, 7) is 0. The number of fused-ring (bicyclic) bond motifs is 1. The highest BCUT2D eigenvalue weighted by atomic mass is 32.1. The molecule has 0 fully saturated rings. The quantitative estimate of drug-likeness (QED) is 0.874. The molecular weight excluding hydrogens is 268 g/mol. The van der Waals surface area contributed by atoms with E-state index in [0.29, 0.717) is 0 Å². The average Bonchev–Trinajstić information content (AvgIpc) is 2.88. The van der Waals surface area contributed by atoms with Crippen LogP contribution < -0.4 is 5.32 Å². The number of hydrogen-bond donors (Lipinski definition) is 1. The van der Waals surface area contributed by atoms with Crippen LogP contribution in [0.5, 0.6) is 0 Å². The van der Waals surface area contributed by atoms with Gasteiger partial charge in [-0.15, -0.1) is 11.3 Å². The van der Waals surface area contributed by atoms with Crippen molar-refractivity contribution < 1.29 is 4.79 Å². The van der Waals surface area contributed by atoms with Gasteiger partial charge in [-0.3, -0.25) is 10.1 Å². The summed E-state index contributed by atoms with van der Waals surface area (Å²) >= 11 is 1.61. The Bertz CT molecular complexity index is 608. The third-order valence-electron chi connectivity index (χ3n) is 3.30. The molecule has 0 radical (unpaired) electrons. The third kappa shape index (κ3) is 3.14. The summed E-state index contributed by atoms with van der Waals surface area (Å²) in [5.74, 6) is -0.125. The van der Waals surface area contributed by atoms with Gasteiger partial charge in [-0.2, -0.15) is 0 Å². The summed E-state index contributed by atoms with van der Waals surface area (Å²) in [5, 5.41) is 3.57. The van der Waals surface area contributed by atoms with Crippen molar-refractivity contribution >= 4 is 28.5 Å². The highest BCUT2D eigenvalue weighted by molar-refractivity contribution is 7.15. The van der Waals surface area contributed by atoms with Gasteiger partial charge in [0.1, 0.15) is 0 Å². The summed E-state index contributed by atoms with van der Waals surface area (Å²) in [4.78, 5) is 17.7. The SMILES string of the molecule is O=C(C=Cc1ccccc1)Nc1nc2c(s1)CCCC2. The Balaban J connectivity index is 1.64. The largest absolute Gasteiger partial charge is 0.298 e. The van der Waals surface area contributed by atoms with Crippen molar-refractivity contribution in [2.45, 2.75) is 25.7 Å². The highest BCUT2D eigenvalue weighted by Gasteiger charge is 2.15. The van der Waals surface area contributed by atoms with Gasteiger partial charge in [0.05, 0.1) is 5.69 Å². The van der Waals surface area contributed by atoms with Crippen LogP contribution in [-0.4, -0.2) is 10.9 Å². The van der Waals surface area contributed by atoms with Gasteiger partial charge in [-0.05, 0) is 37.3 Å². The predicted octanol–water partition coefficient (Wildman–Crippen LogP) is 3.67. The summed E-state index contributed by atoms with van der Waals surface area (Å²) in [7, 11) is 0. The Morgan fingerprint density at radius 1 is 1.20 bits per heavy atom. The van der Waals surface area contributed by atoms with Crippen molar-refractivity contribution in [3.05, 3.63) is 52.5 Å². The van der Waals surface area contributed by atoms with Gasteiger partial charge in [-0.1, -0.05) is 30.3 Å². The van der Waals surface area contributed by atoms with Crippen LogP contribution in [0.1, 0.15) is 29.0 Å². The fourth-order valence-corrected chi connectivity index (χ4v) is 3.34. The molecule has 2 aromatic rings. The molecule has 1 aromatic carbocycles. The molecule has 0 saturated heterocycles. The minimum Gasteiger partial charge on any atom is -0.298 e. The van der Waals surface area contributed by atoms with Crippen molar-refractivity contribution in [1.82, 2.24) is 4.98 Å². The van der Waals surface area contributed by atoms with E-state index in [1.165, 1.54) is 23.4 Å². The molecule has 0 aliphatic heterocycles. The minimum absolute atomic E-state index is 0.125. The molecule has 0 spiro atoms. The second-order valence-corrected chi connectivity index (χ2v) is 5.91. The van der Waals surface area contributed by atoms with Crippen LogP contribution in [-0.2, 0) is 17.6 Å². The molecule has 1 aliphatic carbocycles. The maximum absolute atomic E-state index is 11.9. The zero-order valence-corrected chi connectivity index (χ0v) is 12.0. The van der Waals surface area contributed by atoms with Crippen molar-refractivity contribution in [3.63, 3.8) is 0 Å². The second-order valence-electron chi connectivity index (χ2n) is 4.83. The number of aromatic nitrogens is 1. The average molecular weight is 284 g/mol. The van der Waals surface area contributed by atoms with Crippen molar-refractivity contribution in [2.75, 3.05) is 5.32 Å². The minimum atomic E-state index is -0.125. The summed E-state index contributed by atoms with van der Waals surface area (Å²) < 4.78 is 0. The van der Waals surface area contributed by atoms with Crippen molar-refractivity contribution in [3.8, 4) is 0 Å². The first-order chi connectivity index (χ1) is 9.81. The van der Waals surface area contributed by atoms with Gasteiger partial charge in [0.2, 0.25) is 5.91 Å². The summed E-state index contributed by atoms with van der Waals surface area (Å²) in [5.41, 5.74) is 2.18. The Kier molecular flexibility index (Phi) is 3.92. The first-order valence-corrected chi connectivity index (χ1v) is 7.65. The number of carbonyl (C=O) groups excluding carboxylic acids is 1.